The molecule has 1 aliphatic heterocycles. The van der Waals surface area contributed by atoms with Crippen LogP contribution in [0.25, 0.3) is 10.9 Å². The van der Waals surface area contributed by atoms with Crippen molar-refractivity contribution >= 4 is 16.8 Å². The molecule has 3 aromatic rings. The Morgan fingerprint density at radius 3 is 2.48 bits per heavy atom. The summed E-state index contributed by atoms with van der Waals surface area (Å²) in [6, 6.07) is 21.6. The molecule has 4 heteroatoms. The van der Waals surface area contributed by atoms with Crippen LogP contribution >= 0.6 is 0 Å². The molecule has 0 radical (unpaired) electrons. The molecule has 1 fully saturated rings. The lowest BCUT2D eigenvalue weighted by atomic mass is 9.96. The molecule has 0 unspecified atom stereocenters. The summed E-state index contributed by atoms with van der Waals surface area (Å²) in [6.07, 6.45) is 2.90. The van der Waals surface area contributed by atoms with Gasteiger partial charge in [-0.05, 0) is 55.4 Å². The smallest absolute Gasteiger partial charge is 0.223 e. The number of likely N-dealkylation sites (tertiary alicyclic amines) is 1. The van der Waals surface area contributed by atoms with E-state index in [2.05, 4.69) is 82.4 Å². The van der Waals surface area contributed by atoms with Gasteiger partial charge in [0.25, 0.3) is 0 Å². The zero-order valence-electron chi connectivity index (χ0n) is 17.3. The van der Waals surface area contributed by atoms with E-state index >= 15 is 0 Å². The zero-order valence-corrected chi connectivity index (χ0v) is 17.3. The molecular weight excluding hydrogens is 358 g/mol. The Balaban J connectivity index is 1.47. The number of hydrogen-bond acceptors (Lipinski definition) is 2. The van der Waals surface area contributed by atoms with Crippen LogP contribution < -0.4 is 5.32 Å². The Hall–Kier alpha value is -2.59. The highest BCUT2D eigenvalue weighted by Crippen LogP contribution is 2.25. The van der Waals surface area contributed by atoms with E-state index in [4.69, 9.17) is 0 Å². The lowest BCUT2D eigenvalue weighted by Crippen LogP contribution is -2.40. The lowest BCUT2D eigenvalue weighted by molar-refractivity contribution is -0.126. The van der Waals surface area contributed by atoms with E-state index in [9.17, 15) is 4.79 Å². The normalized spacial score (nSPS) is 15.6. The van der Waals surface area contributed by atoms with Crippen molar-refractivity contribution in [3.63, 3.8) is 0 Å². The number of carbonyl (C=O) groups is 1. The summed E-state index contributed by atoms with van der Waals surface area (Å²) in [5.41, 5.74) is 3.96. The maximum Gasteiger partial charge on any atom is 0.223 e. The molecule has 152 valence electrons. The highest BCUT2D eigenvalue weighted by Gasteiger charge is 2.25. The fraction of sp³-hybridized carbons (Fsp3) is 0.400. The fourth-order valence-corrected chi connectivity index (χ4v) is 4.33. The number of nitrogens with one attached hydrogen (secondary N) is 1. The van der Waals surface area contributed by atoms with Crippen LogP contribution in [0, 0.1) is 5.92 Å². The van der Waals surface area contributed by atoms with E-state index in [1.165, 1.54) is 22.2 Å². The average molecular weight is 390 g/mol. The number of aromatic nitrogens is 1. The number of para-hydroxylation sites is 1. The molecule has 1 aromatic heterocycles. The van der Waals surface area contributed by atoms with Crippen molar-refractivity contribution in [2.24, 2.45) is 5.92 Å². The van der Waals surface area contributed by atoms with Crippen molar-refractivity contribution in [2.75, 3.05) is 19.6 Å². The summed E-state index contributed by atoms with van der Waals surface area (Å²) in [6.45, 7) is 6.68. The lowest BCUT2D eigenvalue weighted by Gasteiger charge is -2.31. The average Bonchev–Trinajstić information content (AvgIpc) is 3.10. The first-order valence-electron chi connectivity index (χ1n) is 10.9. The van der Waals surface area contributed by atoms with Gasteiger partial charge in [-0.15, -0.1) is 0 Å². The Morgan fingerprint density at radius 1 is 1.00 bits per heavy atom. The molecule has 0 spiro atoms. The third-order valence-corrected chi connectivity index (χ3v) is 5.97. The zero-order chi connectivity index (χ0) is 20.1. The number of piperidine rings is 1. The van der Waals surface area contributed by atoms with Crippen molar-refractivity contribution in [1.82, 2.24) is 14.8 Å². The first kappa shape index (κ1) is 19.7. The van der Waals surface area contributed by atoms with Gasteiger partial charge in [0.2, 0.25) is 5.91 Å². The number of rotatable bonds is 7. The predicted octanol–water partition coefficient (Wildman–Crippen LogP) is 4.43. The number of carbonyl (C=O) groups excluding carboxylic acids is 1. The topological polar surface area (TPSA) is 37.3 Å². The van der Waals surface area contributed by atoms with E-state index in [0.717, 1.165) is 52.0 Å². The molecule has 1 amide bonds. The van der Waals surface area contributed by atoms with Gasteiger partial charge in [-0.3, -0.25) is 9.69 Å². The third-order valence-electron chi connectivity index (χ3n) is 5.97. The van der Waals surface area contributed by atoms with Gasteiger partial charge in [0.15, 0.2) is 0 Å². The Labute approximate surface area is 173 Å². The molecule has 4 rings (SSSR count). The second kappa shape index (κ2) is 9.27. The molecule has 2 heterocycles. The fourth-order valence-electron chi connectivity index (χ4n) is 4.33. The molecule has 4 nitrogen and oxygen atoms in total. The minimum atomic E-state index is 0.174. The predicted molar refractivity (Wildman–Crippen MR) is 119 cm³/mol. The van der Waals surface area contributed by atoms with Crippen LogP contribution in [0.1, 0.15) is 37.4 Å². The molecule has 2 aromatic carbocycles. The Kier molecular flexibility index (Phi) is 6.30. The maximum absolute atomic E-state index is 12.3. The van der Waals surface area contributed by atoms with Gasteiger partial charge in [-0.1, -0.05) is 55.5 Å². The number of nitrogens with zero attached hydrogens (tertiary/aromatic N) is 2. The molecule has 1 aliphatic rings. The van der Waals surface area contributed by atoms with Crippen LogP contribution in [0.15, 0.2) is 60.7 Å². The van der Waals surface area contributed by atoms with Gasteiger partial charge < -0.3 is 9.88 Å². The number of hydrogen-bond donors (Lipinski definition) is 1. The molecule has 1 N–H and O–H groups in total. The molecular formula is C25H31N3O. The van der Waals surface area contributed by atoms with Crippen LogP contribution in [0.3, 0.4) is 0 Å². The standard InChI is InChI=1S/C25H31N3O/c1-2-14-26-25(29)21-12-15-27(16-13-21)19-23-17-22-10-6-7-11-24(22)28(23)18-20-8-4-3-5-9-20/h3-11,17,21H,2,12-16,18-19H2,1H3,(H,26,29). The first-order chi connectivity index (χ1) is 14.2. The molecule has 29 heavy (non-hydrogen) atoms. The summed E-state index contributed by atoms with van der Waals surface area (Å²) in [7, 11) is 0. The van der Waals surface area contributed by atoms with E-state index in [1.54, 1.807) is 0 Å². The SMILES string of the molecule is CCCNC(=O)C1CCN(Cc2cc3ccccc3n2Cc2ccccc2)CC1. The molecule has 0 saturated carbocycles. The van der Waals surface area contributed by atoms with E-state index < -0.39 is 0 Å². The van der Waals surface area contributed by atoms with Gasteiger partial charge in [0.05, 0.1) is 0 Å². The largest absolute Gasteiger partial charge is 0.356 e. The molecule has 0 aliphatic carbocycles. The molecule has 1 saturated heterocycles. The minimum absolute atomic E-state index is 0.174. The van der Waals surface area contributed by atoms with Gasteiger partial charge in [0, 0.05) is 36.8 Å². The first-order valence-corrected chi connectivity index (χ1v) is 10.9. The van der Waals surface area contributed by atoms with Crippen molar-refractivity contribution in [2.45, 2.75) is 39.3 Å². The Bertz CT molecular complexity index is 939. The van der Waals surface area contributed by atoms with Crippen LogP contribution in [-0.2, 0) is 17.9 Å². The van der Waals surface area contributed by atoms with Crippen molar-refractivity contribution in [3.05, 3.63) is 71.9 Å². The van der Waals surface area contributed by atoms with Crippen LogP contribution in [-0.4, -0.2) is 35.0 Å². The van der Waals surface area contributed by atoms with Crippen molar-refractivity contribution in [1.29, 1.82) is 0 Å². The number of benzene rings is 2. The summed E-state index contributed by atoms with van der Waals surface area (Å²) in [5, 5.41) is 4.36. The molecule has 0 atom stereocenters. The molecule has 0 bridgehead atoms. The highest BCUT2D eigenvalue weighted by atomic mass is 16.1. The summed E-state index contributed by atoms with van der Waals surface area (Å²) in [4.78, 5) is 14.8. The quantitative estimate of drug-likeness (QED) is 0.649. The van der Waals surface area contributed by atoms with Crippen LogP contribution in [0.4, 0.5) is 0 Å². The summed E-state index contributed by atoms with van der Waals surface area (Å²) < 4.78 is 2.45. The van der Waals surface area contributed by atoms with Gasteiger partial charge in [-0.25, -0.2) is 0 Å². The van der Waals surface area contributed by atoms with Gasteiger partial charge >= 0.3 is 0 Å². The second-order valence-electron chi connectivity index (χ2n) is 8.11. The monoisotopic (exact) mass is 389 g/mol. The van der Waals surface area contributed by atoms with Gasteiger partial charge in [-0.2, -0.15) is 0 Å². The minimum Gasteiger partial charge on any atom is -0.356 e. The van der Waals surface area contributed by atoms with E-state index in [1.807, 2.05) is 0 Å². The van der Waals surface area contributed by atoms with Crippen LogP contribution in [0.2, 0.25) is 0 Å². The maximum atomic E-state index is 12.3. The van der Waals surface area contributed by atoms with Crippen LogP contribution in [0.5, 0.6) is 0 Å². The van der Waals surface area contributed by atoms with E-state index in [-0.39, 0.29) is 11.8 Å². The van der Waals surface area contributed by atoms with E-state index in [0.29, 0.717) is 0 Å². The Morgan fingerprint density at radius 2 is 1.72 bits per heavy atom. The second-order valence-corrected chi connectivity index (χ2v) is 8.11. The van der Waals surface area contributed by atoms with Crippen molar-refractivity contribution in [3.8, 4) is 0 Å². The van der Waals surface area contributed by atoms with Crippen molar-refractivity contribution < 1.29 is 4.79 Å². The number of amides is 1. The van der Waals surface area contributed by atoms with Gasteiger partial charge in [0.1, 0.15) is 0 Å². The third kappa shape index (κ3) is 4.70. The highest BCUT2D eigenvalue weighted by molar-refractivity contribution is 5.81. The number of fused-ring (bicyclic) bond motifs is 1. The summed E-state index contributed by atoms with van der Waals surface area (Å²) in [5.74, 6) is 0.415. The summed E-state index contributed by atoms with van der Waals surface area (Å²) >= 11 is 0.